The number of hydrogen-bond acceptors (Lipinski definition) is 3. The maximum Gasteiger partial charge on any atom is 0.230 e. The number of amides is 2. The summed E-state index contributed by atoms with van der Waals surface area (Å²) in [6, 6.07) is 15.8. The van der Waals surface area contributed by atoms with E-state index in [2.05, 4.69) is 36.5 Å². The fraction of sp³-hybridized carbons (Fsp3) is 0.360. The molecule has 1 unspecified atom stereocenters. The van der Waals surface area contributed by atoms with Crippen molar-refractivity contribution in [3.05, 3.63) is 82.4 Å². The van der Waals surface area contributed by atoms with Crippen molar-refractivity contribution in [1.29, 1.82) is 0 Å². The van der Waals surface area contributed by atoms with Gasteiger partial charge in [-0.3, -0.25) is 9.59 Å². The van der Waals surface area contributed by atoms with E-state index < -0.39 is 17.4 Å². The van der Waals surface area contributed by atoms with Crippen LogP contribution in [0.25, 0.3) is 0 Å². The number of nitrogens with zero attached hydrogens (tertiary/aromatic N) is 1. The molecule has 1 spiro atoms. The lowest BCUT2D eigenvalue weighted by Crippen LogP contribution is -2.44. The first kappa shape index (κ1) is 20.3. The third-order valence-electron chi connectivity index (χ3n) is 6.63. The molecule has 0 saturated carbocycles. The molecule has 2 saturated heterocycles. The Labute approximate surface area is 187 Å². The van der Waals surface area contributed by atoms with E-state index in [0.29, 0.717) is 24.7 Å². The highest BCUT2D eigenvalue weighted by atomic mass is 35.5. The summed E-state index contributed by atoms with van der Waals surface area (Å²) in [5, 5.41) is 3.67. The van der Waals surface area contributed by atoms with E-state index in [-0.39, 0.29) is 17.9 Å². The van der Waals surface area contributed by atoms with Gasteiger partial charge >= 0.3 is 0 Å². The molecular weight excluding hydrogens is 412 g/mol. The lowest BCUT2D eigenvalue weighted by molar-refractivity contribution is -0.137. The molecule has 3 heterocycles. The van der Waals surface area contributed by atoms with Gasteiger partial charge in [-0.2, -0.15) is 0 Å². The number of carbonyl (C=O) groups excluding carboxylic acids is 2. The second-order valence-electron chi connectivity index (χ2n) is 8.71. The molecule has 2 bridgehead atoms. The Morgan fingerprint density at radius 3 is 2.77 bits per heavy atom. The summed E-state index contributed by atoms with van der Waals surface area (Å²) >= 11 is 6.30. The van der Waals surface area contributed by atoms with Crippen molar-refractivity contribution in [2.75, 3.05) is 13.1 Å². The van der Waals surface area contributed by atoms with Crippen molar-refractivity contribution in [2.45, 2.75) is 31.6 Å². The molecule has 0 aromatic heterocycles. The number of fused-ring (bicyclic) bond motifs is 1. The molecule has 2 aromatic rings. The summed E-state index contributed by atoms with van der Waals surface area (Å²) in [7, 11) is 0. The van der Waals surface area contributed by atoms with Crippen LogP contribution in [-0.2, 0) is 27.3 Å². The number of benzene rings is 2. The Kier molecular flexibility index (Phi) is 5.11. The average Bonchev–Trinajstić information content (AvgIpc) is 3.39. The number of likely N-dealkylation sites (tertiary alicyclic amines) is 1. The van der Waals surface area contributed by atoms with Crippen LogP contribution in [0.15, 0.2) is 60.7 Å². The standard InChI is InChI=1S/C25H25ClN2O3/c1-16-6-8-17(9-7-16)11-13-27-23(29)21-20-10-12-25(31-20)15-28(24(30)22(21)25)14-18-4-2-3-5-19(18)26/h2-10,12,20-22H,11,13-15H2,1H3,(H,27,29)/t20-,21+,22-,25?/m1/s1. The minimum absolute atomic E-state index is 0.0366. The molecule has 0 radical (unpaired) electrons. The third-order valence-corrected chi connectivity index (χ3v) is 7.00. The first-order valence-corrected chi connectivity index (χ1v) is 11.1. The van der Waals surface area contributed by atoms with E-state index >= 15 is 0 Å². The number of nitrogens with one attached hydrogen (secondary N) is 1. The lowest BCUT2D eigenvalue weighted by Gasteiger charge is -2.23. The second-order valence-corrected chi connectivity index (χ2v) is 9.12. The van der Waals surface area contributed by atoms with E-state index in [0.717, 1.165) is 12.0 Å². The lowest BCUT2D eigenvalue weighted by atomic mass is 9.77. The van der Waals surface area contributed by atoms with Crippen LogP contribution in [0.2, 0.25) is 5.02 Å². The van der Waals surface area contributed by atoms with Crippen molar-refractivity contribution in [3.63, 3.8) is 0 Å². The topological polar surface area (TPSA) is 58.6 Å². The Morgan fingerprint density at radius 2 is 2.00 bits per heavy atom. The van der Waals surface area contributed by atoms with Gasteiger partial charge in [0.2, 0.25) is 11.8 Å². The predicted octanol–water partition coefficient (Wildman–Crippen LogP) is 3.29. The summed E-state index contributed by atoms with van der Waals surface area (Å²) in [5.74, 6) is -1.12. The van der Waals surface area contributed by atoms with Gasteiger partial charge in [-0.25, -0.2) is 0 Å². The minimum Gasteiger partial charge on any atom is -0.360 e. The van der Waals surface area contributed by atoms with Crippen LogP contribution in [0.1, 0.15) is 16.7 Å². The summed E-state index contributed by atoms with van der Waals surface area (Å²) in [6.07, 6.45) is 4.33. The van der Waals surface area contributed by atoms with Crippen molar-refractivity contribution < 1.29 is 14.3 Å². The highest BCUT2D eigenvalue weighted by molar-refractivity contribution is 6.31. The monoisotopic (exact) mass is 436 g/mol. The number of carbonyl (C=O) groups is 2. The van der Waals surface area contributed by atoms with Crippen LogP contribution in [0.5, 0.6) is 0 Å². The van der Waals surface area contributed by atoms with E-state index in [1.165, 1.54) is 11.1 Å². The van der Waals surface area contributed by atoms with Gasteiger partial charge < -0.3 is 15.0 Å². The Morgan fingerprint density at radius 1 is 1.23 bits per heavy atom. The zero-order valence-electron chi connectivity index (χ0n) is 17.4. The van der Waals surface area contributed by atoms with E-state index in [1.54, 1.807) is 4.90 Å². The number of ether oxygens (including phenoxy) is 1. The molecule has 2 fully saturated rings. The van der Waals surface area contributed by atoms with Gasteiger partial charge in [0.15, 0.2) is 0 Å². The van der Waals surface area contributed by atoms with Crippen molar-refractivity contribution in [3.8, 4) is 0 Å². The Balaban J connectivity index is 1.27. The van der Waals surface area contributed by atoms with Crippen LogP contribution >= 0.6 is 11.6 Å². The SMILES string of the molecule is Cc1ccc(CCNC(=O)[C@H]2[C@H]3C=CC4(CN(Cc5ccccc5Cl)C(=O)[C@@H]24)O3)cc1. The van der Waals surface area contributed by atoms with Crippen LogP contribution in [0.4, 0.5) is 0 Å². The third kappa shape index (κ3) is 3.56. The zero-order valence-corrected chi connectivity index (χ0v) is 18.1. The summed E-state index contributed by atoms with van der Waals surface area (Å²) in [4.78, 5) is 28.2. The smallest absolute Gasteiger partial charge is 0.230 e. The zero-order chi connectivity index (χ0) is 21.6. The quantitative estimate of drug-likeness (QED) is 0.707. The number of rotatable bonds is 6. The highest BCUT2D eigenvalue weighted by Crippen LogP contribution is 2.52. The summed E-state index contributed by atoms with van der Waals surface area (Å²) in [5.41, 5.74) is 2.58. The number of hydrogen-bond donors (Lipinski definition) is 1. The van der Waals surface area contributed by atoms with Gasteiger partial charge in [-0.05, 0) is 30.5 Å². The van der Waals surface area contributed by atoms with Gasteiger partial charge in [0.1, 0.15) is 5.60 Å². The first-order valence-electron chi connectivity index (χ1n) is 10.7. The minimum atomic E-state index is -0.706. The second kappa shape index (κ2) is 7.81. The van der Waals surface area contributed by atoms with Gasteiger partial charge in [0.25, 0.3) is 0 Å². The molecule has 160 valence electrons. The van der Waals surface area contributed by atoms with Gasteiger partial charge in [-0.15, -0.1) is 0 Å². The van der Waals surface area contributed by atoms with Crippen LogP contribution in [-0.4, -0.2) is 41.5 Å². The molecule has 31 heavy (non-hydrogen) atoms. The summed E-state index contributed by atoms with van der Waals surface area (Å²) < 4.78 is 6.20. The van der Waals surface area contributed by atoms with Crippen LogP contribution in [0, 0.1) is 18.8 Å². The maximum absolute atomic E-state index is 13.3. The predicted molar refractivity (Wildman–Crippen MR) is 118 cm³/mol. The fourth-order valence-electron chi connectivity index (χ4n) is 5.05. The molecule has 3 aliphatic rings. The first-order chi connectivity index (χ1) is 15.0. The number of halogens is 1. The maximum atomic E-state index is 13.3. The van der Waals surface area contributed by atoms with Crippen LogP contribution < -0.4 is 5.32 Å². The fourth-order valence-corrected chi connectivity index (χ4v) is 5.24. The highest BCUT2D eigenvalue weighted by Gasteiger charge is 2.66. The van der Waals surface area contributed by atoms with E-state index in [4.69, 9.17) is 16.3 Å². The number of aryl methyl sites for hydroxylation is 1. The molecule has 6 heteroatoms. The van der Waals surface area contributed by atoms with Gasteiger partial charge in [-0.1, -0.05) is 71.8 Å². The largest absolute Gasteiger partial charge is 0.360 e. The van der Waals surface area contributed by atoms with Crippen molar-refractivity contribution >= 4 is 23.4 Å². The molecular formula is C25H25ClN2O3. The Bertz CT molecular complexity index is 1050. The molecule has 0 aliphatic carbocycles. The van der Waals surface area contributed by atoms with E-state index in [1.807, 2.05) is 36.4 Å². The molecule has 2 amide bonds. The molecule has 5 rings (SSSR count). The molecule has 5 nitrogen and oxygen atoms in total. The van der Waals surface area contributed by atoms with E-state index in [9.17, 15) is 9.59 Å². The molecule has 3 aliphatic heterocycles. The Hall–Kier alpha value is -2.63. The van der Waals surface area contributed by atoms with Gasteiger partial charge in [0, 0.05) is 18.1 Å². The normalized spacial score (nSPS) is 28.3. The summed E-state index contributed by atoms with van der Waals surface area (Å²) in [6.45, 7) is 3.45. The molecule has 4 atom stereocenters. The molecule has 1 N–H and O–H groups in total. The van der Waals surface area contributed by atoms with Crippen molar-refractivity contribution in [2.24, 2.45) is 11.8 Å². The van der Waals surface area contributed by atoms with Crippen LogP contribution in [0.3, 0.4) is 0 Å². The molecule has 2 aromatic carbocycles. The van der Waals surface area contributed by atoms with Gasteiger partial charge in [0.05, 0.1) is 24.5 Å². The average molecular weight is 437 g/mol. The van der Waals surface area contributed by atoms with Crippen molar-refractivity contribution in [1.82, 2.24) is 10.2 Å².